The molecule has 162 valence electrons. The molecule has 3 heterocycles. The number of nitrogens with zero attached hydrogens (tertiary/aromatic N) is 4. The van der Waals surface area contributed by atoms with Crippen LogP contribution >= 0.6 is 11.3 Å². The van der Waals surface area contributed by atoms with Crippen LogP contribution in [-0.4, -0.2) is 70.3 Å². The molecule has 1 fully saturated rings. The van der Waals surface area contributed by atoms with E-state index in [2.05, 4.69) is 15.2 Å². The number of ether oxygens (including phenoxy) is 1. The van der Waals surface area contributed by atoms with Gasteiger partial charge in [-0.3, -0.25) is 23.7 Å². The highest BCUT2D eigenvalue weighted by molar-refractivity contribution is 7.15. The van der Waals surface area contributed by atoms with Crippen molar-refractivity contribution >= 4 is 28.1 Å². The number of para-hydroxylation sites is 1. The van der Waals surface area contributed by atoms with E-state index < -0.39 is 0 Å². The first-order valence-corrected chi connectivity index (χ1v) is 10.9. The van der Waals surface area contributed by atoms with Gasteiger partial charge in [0.1, 0.15) is 5.75 Å². The summed E-state index contributed by atoms with van der Waals surface area (Å²) in [6.07, 6.45) is 1.72. The van der Waals surface area contributed by atoms with E-state index in [0.29, 0.717) is 43.4 Å². The molecule has 1 N–H and O–H groups in total. The van der Waals surface area contributed by atoms with Crippen molar-refractivity contribution in [2.45, 2.75) is 6.54 Å². The van der Waals surface area contributed by atoms with Crippen molar-refractivity contribution in [3.05, 3.63) is 64.0 Å². The molecule has 4 rings (SSSR count). The first-order valence-electron chi connectivity index (χ1n) is 9.99. The average molecular weight is 442 g/mol. The lowest BCUT2D eigenvalue weighted by Gasteiger charge is -2.34. The zero-order chi connectivity index (χ0) is 21.6. The normalized spacial score (nSPS) is 14.5. The SMILES string of the molecule is O=C(COc1ccccc1)NCC(=O)N1CCN(Cc2cc(=O)n3ccsc3n2)CC1. The fourth-order valence-electron chi connectivity index (χ4n) is 3.36. The molecule has 3 aromatic rings. The van der Waals surface area contributed by atoms with Gasteiger partial charge in [-0.25, -0.2) is 4.98 Å². The molecule has 2 aromatic heterocycles. The van der Waals surface area contributed by atoms with Crippen LogP contribution in [0, 0.1) is 0 Å². The lowest BCUT2D eigenvalue weighted by atomic mass is 10.2. The van der Waals surface area contributed by atoms with Gasteiger partial charge in [-0.15, -0.1) is 11.3 Å². The van der Waals surface area contributed by atoms with Gasteiger partial charge >= 0.3 is 0 Å². The Hall–Kier alpha value is -3.24. The molecule has 0 bridgehead atoms. The third kappa shape index (κ3) is 5.47. The fourth-order valence-corrected chi connectivity index (χ4v) is 4.09. The molecule has 0 aliphatic carbocycles. The molecule has 1 aromatic carbocycles. The van der Waals surface area contributed by atoms with Crippen LogP contribution in [0.15, 0.2) is 52.8 Å². The number of amides is 2. The van der Waals surface area contributed by atoms with Crippen molar-refractivity contribution in [3.8, 4) is 5.75 Å². The van der Waals surface area contributed by atoms with Gasteiger partial charge in [0, 0.05) is 50.4 Å². The lowest BCUT2D eigenvalue weighted by Crippen LogP contribution is -2.51. The quantitative estimate of drug-likeness (QED) is 0.577. The van der Waals surface area contributed by atoms with E-state index in [1.807, 2.05) is 23.6 Å². The Labute approximate surface area is 182 Å². The standard InChI is InChI=1S/C21H23N5O4S/c27-18(15-30-17-4-2-1-3-5-17)22-13-20(29)25-8-6-24(7-9-25)14-16-12-19(28)26-10-11-31-21(26)23-16/h1-5,10-12H,6-9,13-15H2,(H,22,27). The topological polar surface area (TPSA) is 96.2 Å². The van der Waals surface area contributed by atoms with Crippen LogP contribution < -0.4 is 15.6 Å². The van der Waals surface area contributed by atoms with Gasteiger partial charge in [0.15, 0.2) is 11.6 Å². The summed E-state index contributed by atoms with van der Waals surface area (Å²) in [5.41, 5.74) is 0.653. The van der Waals surface area contributed by atoms with E-state index in [0.717, 1.165) is 5.69 Å². The van der Waals surface area contributed by atoms with Gasteiger partial charge in [-0.2, -0.15) is 0 Å². The van der Waals surface area contributed by atoms with Gasteiger partial charge in [0.25, 0.3) is 11.5 Å². The minimum atomic E-state index is -0.336. The number of aromatic nitrogens is 2. The summed E-state index contributed by atoms with van der Waals surface area (Å²) in [6, 6.07) is 10.6. The average Bonchev–Trinajstić information content (AvgIpc) is 3.26. The van der Waals surface area contributed by atoms with E-state index in [-0.39, 0.29) is 30.5 Å². The largest absolute Gasteiger partial charge is 0.484 e. The number of benzene rings is 1. The van der Waals surface area contributed by atoms with Gasteiger partial charge in [-0.1, -0.05) is 18.2 Å². The van der Waals surface area contributed by atoms with Crippen LogP contribution in [0.2, 0.25) is 0 Å². The van der Waals surface area contributed by atoms with E-state index >= 15 is 0 Å². The number of carbonyl (C=O) groups is 2. The van der Waals surface area contributed by atoms with E-state index in [9.17, 15) is 14.4 Å². The Balaban J connectivity index is 1.19. The van der Waals surface area contributed by atoms with Crippen molar-refractivity contribution in [3.63, 3.8) is 0 Å². The van der Waals surface area contributed by atoms with Gasteiger partial charge < -0.3 is 15.0 Å². The molecule has 1 aliphatic heterocycles. The number of fused-ring (bicyclic) bond motifs is 1. The van der Waals surface area contributed by atoms with Crippen LogP contribution in [0.1, 0.15) is 5.69 Å². The monoisotopic (exact) mass is 441 g/mol. The number of hydrogen-bond acceptors (Lipinski definition) is 7. The fraction of sp³-hybridized carbons (Fsp3) is 0.333. The summed E-state index contributed by atoms with van der Waals surface area (Å²) in [5, 5.41) is 4.44. The Morgan fingerprint density at radius 2 is 1.90 bits per heavy atom. The van der Waals surface area contributed by atoms with Crippen molar-refractivity contribution < 1.29 is 14.3 Å². The number of hydrogen-bond donors (Lipinski definition) is 1. The predicted molar refractivity (Wildman–Crippen MR) is 116 cm³/mol. The Bertz CT molecular complexity index is 1110. The van der Waals surface area contributed by atoms with E-state index in [4.69, 9.17) is 4.74 Å². The van der Waals surface area contributed by atoms with Crippen LogP contribution in [0.5, 0.6) is 5.75 Å². The smallest absolute Gasteiger partial charge is 0.258 e. The molecule has 31 heavy (non-hydrogen) atoms. The molecular formula is C21H23N5O4S. The Morgan fingerprint density at radius 3 is 2.68 bits per heavy atom. The number of carbonyl (C=O) groups excluding carboxylic acids is 2. The predicted octanol–water partition coefficient (Wildman–Crippen LogP) is 0.595. The molecule has 0 atom stereocenters. The zero-order valence-corrected chi connectivity index (χ0v) is 17.7. The van der Waals surface area contributed by atoms with Gasteiger partial charge in [-0.05, 0) is 12.1 Å². The second kappa shape index (κ2) is 9.71. The van der Waals surface area contributed by atoms with Crippen LogP contribution in [0.3, 0.4) is 0 Å². The molecule has 1 aliphatic rings. The summed E-state index contributed by atoms with van der Waals surface area (Å²) in [5.74, 6) is 0.150. The molecule has 9 nitrogen and oxygen atoms in total. The van der Waals surface area contributed by atoms with Crippen LogP contribution in [0.4, 0.5) is 0 Å². The summed E-state index contributed by atoms with van der Waals surface area (Å²) >= 11 is 1.43. The summed E-state index contributed by atoms with van der Waals surface area (Å²) in [4.78, 5) is 45.5. The molecule has 10 heteroatoms. The second-order valence-corrected chi connectivity index (χ2v) is 8.05. The third-order valence-electron chi connectivity index (χ3n) is 5.02. The summed E-state index contributed by atoms with van der Waals surface area (Å²) < 4.78 is 6.91. The van der Waals surface area contributed by atoms with Gasteiger partial charge in [0.2, 0.25) is 5.91 Å². The number of rotatable bonds is 7. The molecule has 0 saturated carbocycles. The molecule has 0 spiro atoms. The van der Waals surface area contributed by atoms with Crippen molar-refractivity contribution in [2.24, 2.45) is 0 Å². The third-order valence-corrected chi connectivity index (χ3v) is 5.77. The van der Waals surface area contributed by atoms with Crippen LogP contribution in [0.25, 0.3) is 4.96 Å². The van der Waals surface area contributed by atoms with Crippen molar-refractivity contribution in [1.29, 1.82) is 0 Å². The van der Waals surface area contributed by atoms with Crippen molar-refractivity contribution in [2.75, 3.05) is 39.3 Å². The molecular weight excluding hydrogens is 418 g/mol. The van der Waals surface area contributed by atoms with E-state index in [1.165, 1.54) is 15.7 Å². The number of nitrogens with one attached hydrogen (secondary N) is 1. The maximum atomic E-state index is 12.4. The zero-order valence-electron chi connectivity index (χ0n) is 16.9. The maximum Gasteiger partial charge on any atom is 0.258 e. The highest BCUT2D eigenvalue weighted by Crippen LogP contribution is 2.10. The minimum Gasteiger partial charge on any atom is -0.484 e. The second-order valence-electron chi connectivity index (χ2n) is 7.18. The molecule has 0 unspecified atom stereocenters. The Morgan fingerprint density at radius 1 is 1.13 bits per heavy atom. The molecule has 1 saturated heterocycles. The highest BCUT2D eigenvalue weighted by atomic mass is 32.1. The number of piperazine rings is 1. The molecule has 2 amide bonds. The lowest BCUT2D eigenvalue weighted by molar-refractivity contribution is -0.134. The maximum absolute atomic E-state index is 12.4. The summed E-state index contributed by atoms with van der Waals surface area (Å²) in [7, 11) is 0. The first-order chi connectivity index (χ1) is 15.1. The van der Waals surface area contributed by atoms with Crippen LogP contribution in [-0.2, 0) is 16.1 Å². The number of thiazole rings is 1. The minimum absolute atomic E-state index is 0.0512. The highest BCUT2D eigenvalue weighted by Gasteiger charge is 2.22. The Kier molecular flexibility index (Phi) is 6.58. The first kappa shape index (κ1) is 21.0. The van der Waals surface area contributed by atoms with E-state index in [1.54, 1.807) is 29.3 Å². The van der Waals surface area contributed by atoms with Crippen molar-refractivity contribution in [1.82, 2.24) is 24.5 Å². The molecule has 0 radical (unpaired) electrons. The summed E-state index contributed by atoms with van der Waals surface area (Å²) in [6.45, 7) is 2.88. The van der Waals surface area contributed by atoms with Gasteiger partial charge in [0.05, 0.1) is 12.2 Å².